The molecule has 9 heteroatoms. The van der Waals surface area contributed by atoms with Crippen LogP contribution in [-0.2, 0) is 17.5 Å². The SMILES string of the molecule is Cl.O=C(O)c1cc(C(F)(F)F)ccc1N1CCC(OCc2ccccn2)C1. The molecule has 1 unspecified atom stereocenters. The Morgan fingerprint density at radius 3 is 2.70 bits per heavy atom. The van der Waals surface area contributed by atoms with Crippen molar-refractivity contribution < 1.29 is 27.8 Å². The number of nitrogens with zero attached hydrogens (tertiary/aromatic N) is 2. The largest absolute Gasteiger partial charge is 0.478 e. The number of halogens is 4. The van der Waals surface area contributed by atoms with Crippen LogP contribution in [0.2, 0.25) is 0 Å². The second-order valence-electron chi connectivity index (χ2n) is 6.02. The smallest absolute Gasteiger partial charge is 0.416 e. The lowest BCUT2D eigenvalue weighted by Crippen LogP contribution is -2.25. The summed E-state index contributed by atoms with van der Waals surface area (Å²) in [5.74, 6) is -1.39. The first-order valence-electron chi connectivity index (χ1n) is 8.05. The monoisotopic (exact) mass is 402 g/mol. The molecule has 27 heavy (non-hydrogen) atoms. The van der Waals surface area contributed by atoms with Crippen LogP contribution in [0.1, 0.15) is 28.0 Å². The van der Waals surface area contributed by atoms with Crippen molar-refractivity contribution in [3.05, 3.63) is 59.4 Å². The maximum absolute atomic E-state index is 12.8. The number of aromatic carboxylic acids is 1. The fourth-order valence-electron chi connectivity index (χ4n) is 2.93. The van der Waals surface area contributed by atoms with Gasteiger partial charge in [0.1, 0.15) is 0 Å². The molecule has 2 heterocycles. The third-order valence-electron chi connectivity index (χ3n) is 4.23. The van der Waals surface area contributed by atoms with E-state index in [0.29, 0.717) is 32.2 Å². The molecule has 1 aromatic heterocycles. The van der Waals surface area contributed by atoms with Crippen LogP contribution in [-0.4, -0.2) is 35.3 Å². The van der Waals surface area contributed by atoms with Crippen molar-refractivity contribution in [3.63, 3.8) is 0 Å². The second-order valence-corrected chi connectivity index (χ2v) is 6.02. The molecule has 146 valence electrons. The van der Waals surface area contributed by atoms with E-state index in [4.69, 9.17) is 4.74 Å². The van der Waals surface area contributed by atoms with Crippen LogP contribution in [0.25, 0.3) is 0 Å². The van der Waals surface area contributed by atoms with Crippen LogP contribution in [0, 0.1) is 0 Å². The molecule has 1 saturated heterocycles. The predicted octanol–water partition coefficient (Wildman–Crippen LogP) is 4.02. The number of anilines is 1. The highest BCUT2D eigenvalue weighted by Crippen LogP contribution is 2.34. The Morgan fingerprint density at radius 1 is 1.30 bits per heavy atom. The van der Waals surface area contributed by atoms with E-state index in [1.54, 1.807) is 17.2 Å². The highest BCUT2D eigenvalue weighted by Gasteiger charge is 2.33. The number of hydrogen-bond acceptors (Lipinski definition) is 4. The van der Waals surface area contributed by atoms with Gasteiger partial charge in [0, 0.05) is 19.3 Å². The van der Waals surface area contributed by atoms with Gasteiger partial charge in [-0.25, -0.2) is 4.79 Å². The van der Waals surface area contributed by atoms with Crippen LogP contribution in [0.15, 0.2) is 42.6 Å². The first kappa shape index (κ1) is 21.0. The van der Waals surface area contributed by atoms with Crippen molar-refractivity contribution in [3.8, 4) is 0 Å². The minimum Gasteiger partial charge on any atom is -0.478 e. The minimum absolute atomic E-state index is 0. The van der Waals surface area contributed by atoms with Gasteiger partial charge in [0.15, 0.2) is 0 Å². The van der Waals surface area contributed by atoms with Crippen molar-refractivity contribution in [2.45, 2.75) is 25.3 Å². The zero-order chi connectivity index (χ0) is 18.7. The molecule has 0 saturated carbocycles. The van der Waals surface area contributed by atoms with Crippen molar-refractivity contribution >= 4 is 24.1 Å². The van der Waals surface area contributed by atoms with Crippen LogP contribution in [0.5, 0.6) is 0 Å². The summed E-state index contributed by atoms with van der Waals surface area (Å²) in [6, 6.07) is 8.30. The van der Waals surface area contributed by atoms with Gasteiger partial charge in [-0.1, -0.05) is 6.07 Å². The molecule has 5 nitrogen and oxygen atoms in total. The summed E-state index contributed by atoms with van der Waals surface area (Å²) in [4.78, 5) is 17.3. The van der Waals surface area contributed by atoms with Gasteiger partial charge < -0.3 is 14.7 Å². The van der Waals surface area contributed by atoms with E-state index in [9.17, 15) is 23.1 Å². The molecule has 1 aliphatic rings. The molecule has 1 N–H and O–H groups in total. The zero-order valence-corrected chi connectivity index (χ0v) is 15.0. The Labute approximate surface area is 160 Å². The number of ether oxygens (including phenoxy) is 1. The van der Waals surface area contributed by atoms with Gasteiger partial charge in [0.05, 0.1) is 35.2 Å². The lowest BCUT2D eigenvalue weighted by Gasteiger charge is -2.21. The number of carbonyl (C=O) groups is 1. The fourth-order valence-corrected chi connectivity index (χ4v) is 2.93. The molecule has 0 bridgehead atoms. The van der Waals surface area contributed by atoms with Gasteiger partial charge in [-0.15, -0.1) is 12.4 Å². The van der Waals surface area contributed by atoms with Gasteiger partial charge in [-0.05, 0) is 36.8 Å². The van der Waals surface area contributed by atoms with E-state index >= 15 is 0 Å². The summed E-state index contributed by atoms with van der Waals surface area (Å²) in [6.45, 7) is 1.26. The van der Waals surface area contributed by atoms with E-state index in [-0.39, 0.29) is 29.8 Å². The van der Waals surface area contributed by atoms with Crippen molar-refractivity contribution in [2.24, 2.45) is 0 Å². The van der Waals surface area contributed by atoms with E-state index in [0.717, 1.165) is 11.8 Å². The first-order chi connectivity index (χ1) is 12.3. The molecule has 0 radical (unpaired) electrons. The lowest BCUT2D eigenvalue weighted by molar-refractivity contribution is -0.137. The number of rotatable bonds is 5. The van der Waals surface area contributed by atoms with Gasteiger partial charge in [0.2, 0.25) is 0 Å². The lowest BCUT2D eigenvalue weighted by atomic mass is 10.1. The quantitative estimate of drug-likeness (QED) is 0.818. The van der Waals surface area contributed by atoms with Crippen LogP contribution >= 0.6 is 12.4 Å². The highest BCUT2D eigenvalue weighted by atomic mass is 35.5. The number of benzene rings is 1. The van der Waals surface area contributed by atoms with E-state index in [1.165, 1.54) is 6.07 Å². The summed E-state index contributed by atoms with van der Waals surface area (Å²) >= 11 is 0. The molecule has 1 atom stereocenters. The van der Waals surface area contributed by atoms with Crippen LogP contribution in [0.4, 0.5) is 18.9 Å². The number of aromatic nitrogens is 1. The minimum atomic E-state index is -4.58. The summed E-state index contributed by atoms with van der Waals surface area (Å²) in [5.41, 5.74) is -0.271. The number of carboxylic acids is 1. The normalized spacial score (nSPS) is 16.9. The molecule has 0 amide bonds. The Kier molecular flexibility index (Phi) is 6.67. The highest BCUT2D eigenvalue weighted by molar-refractivity contribution is 5.94. The molecular weight excluding hydrogens is 385 g/mol. The second kappa shape index (κ2) is 8.58. The third kappa shape index (κ3) is 5.11. The fraction of sp³-hybridized carbons (Fsp3) is 0.333. The van der Waals surface area contributed by atoms with E-state index in [1.807, 2.05) is 12.1 Å². The molecule has 1 fully saturated rings. The Balaban J connectivity index is 0.00000261. The number of pyridine rings is 1. The topological polar surface area (TPSA) is 62.7 Å². The molecular formula is C18H18ClF3N2O3. The molecule has 0 aliphatic carbocycles. The number of carboxylic acid groups (broad SMARTS) is 1. The van der Waals surface area contributed by atoms with Crippen molar-refractivity contribution in [2.75, 3.05) is 18.0 Å². The third-order valence-corrected chi connectivity index (χ3v) is 4.23. The Hall–Kier alpha value is -2.32. The van der Waals surface area contributed by atoms with Crippen molar-refractivity contribution in [1.82, 2.24) is 4.98 Å². The summed E-state index contributed by atoms with van der Waals surface area (Å²) < 4.78 is 44.3. The summed E-state index contributed by atoms with van der Waals surface area (Å²) in [6.07, 6.45) is -2.39. The maximum atomic E-state index is 12.8. The average Bonchev–Trinajstić information content (AvgIpc) is 3.08. The van der Waals surface area contributed by atoms with Gasteiger partial charge >= 0.3 is 12.1 Å². The molecule has 3 rings (SSSR count). The van der Waals surface area contributed by atoms with E-state index < -0.39 is 17.7 Å². The Bertz CT molecular complexity index is 787. The van der Waals surface area contributed by atoms with Gasteiger partial charge in [-0.3, -0.25) is 4.98 Å². The van der Waals surface area contributed by atoms with E-state index in [2.05, 4.69) is 4.98 Å². The summed E-state index contributed by atoms with van der Waals surface area (Å²) in [7, 11) is 0. The molecule has 1 aromatic carbocycles. The average molecular weight is 403 g/mol. The Morgan fingerprint density at radius 2 is 2.07 bits per heavy atom. The van der Waals surface area contributed by atoms with Gasteiger partial charge in [0.25, 0.3) is 0 Å². The summed E-state index contributed by atoms with van der Waals surface area (Å²) in [5, 5.41) is 9.30. The van der Waals surface area contributed by atoms with Gasteiger partial charge in [-0.2, -0.15) is 13.2 Å². The number of alkyl halides is 3. The maximum Gasteiger partial charge on any atom is 0.416 e. The van der Waals surface area contributed by atoms with Crippen LogP contribution < -0.4 is 4.90 Å². The molecule has 1 aliphatic heterocycles. The predicted molar refractivity (Wildman–Crippen MR) is 95.3 cm³/mol. The zero-order valence-electron chi connectivity index (χ0n) is 14.1. The van der Waals surface area contributed by atoms with Crippen LogP contribution in [0.3, 0.4) is 0 Å². The standard InChI is InChI=1S/C18H17F3N2O3.ClH/c19-18(20,21)12-4-5-16(15(9-12)17(24)25)23-8-6-14(10-23)26-11-13-3-1-2-7-22-13;/h1-5,7,9,14H,6,8,10-11H2,(H,24,25);1H. The molecule has 2 aromatic rings. The first-order valence-corrected chi connectivity index (χ1v) is 8.05. The van der Waals surface area contributed by atoms with Crippen molar-refractivity contribution in [1.29, 1.82) is 0 Å². The molecule has 0 spiro atoms. The number of hydrogen-bond donors (Lipinski definition) is 1.